The van der Waals surface area contributed by atoms with Crippen molar-refractivity contribution in [3.05, 3.63) is 65.0 Å². The molecule has 0 unspecified atom stereocenters. The van der Waals surface area contributed by atoms with Gasteiger partial charge >= 0.3 is 0 Å². The number of amides is 1. The number of rotatable bonds is 4. The van der Waals surface area contributed by atoms with Gasteiger partial charge in [0.25, 0.3) is 5.91 Å². The van der Waals surface area contributed by atoms with Crippen molar-refractivity contribution in [3.8, 4) is 0 Å². The summed E-state index contributed by atoms with van der Waals surface area (Å²) in [6.07, 6.45) is 0.449. The summed E-state index contributed by atoms with van der Waals surface area (Å²) < 4.78 is 13.4. The summed E-state index contributed by atoms with van der Waals surface area (Å²) >= 11 is 0. The Labute approximate surface area is 117 Å². The van der Waals surface area contributed by atoms with E-state index in [-0.39, 0.29) is 11.7 Å². The maximum atomic E-state index is 13.4. The molecule has 2 aromatic rings. The zero-order valence-electron chi connectivity index (χ0n) is 11.3. The van der Waals surface area contributed by atoms with Crippen LogP contribution in [0.1, 0.15) is 21.5 Å². The molecule has 0 radical (unpaired) electrons. The Kier molecular flexibility index (Phi) is 4.35. The molecule has 2 aromatic carbocycles. The van der Waals surface area contributed by atoms with E-state index in [0.717, 1.165) is 5.56 Å². The van der Waals surface area contributed by atoms with Gasteiger partial charge in [0, 0.05) is 12.2 Å². The van der Waals surface area contributed by atoms with Crippen LogP contribution < -0.4 is 11.1 Å². The molecule has 0 saturated heterocycles. The highest BCUT2D eigenvalue weighted by atomic mass is 19.1. The quantitative estimate of drug-likeness (QED) is 0.841. The molecule has 0 fully saturated rings. The van der Waals surface area contributed by atoms with Gasteiger partial charge in [-0.05, 0) is 36.6 Å². The van der Waals surface area contributed by atoms with Crippen LogP contribution in [0.2, 0.25) is 0 Å². The van der Waals surface area contributed by atoms with Crippen LogP contribution in [0.5, 0.6) is 0 Å². The summed E-state index contributed by atoms with van der Waals surface area (Å²) in [4.78, 5) is 12.1. The topological polar surface area (TPSA) is 55.1 Å². The van der Waals surface area contributed by atoms with E-state index >= 15 is 0 Å². The number of anilines is 1. The zero-order chi connectivity index (χ0) is 14.5. The Bertz CT molecular complexity index is 605. The van der Waals surface area contributed by atoms with E-state index in [4.69, 9.17) is 5.73 Å². The van der Waals surface area contributed by atoms with Gasteiger partial charge in [0.05, 0.1) is 5.56 Å². The highest BCUT2D eigenvalue weighted by Crippen LogP contribution is 2.15. The number of hydrogen-bond donors (Lipinski definition) is 2. The Hall–Kier alpha value is -2.36. The molecular weight excluding hydrogens is 255 g/mol. The number of nitrogen functional groups attached to an aromatic ring is 1. The predicted molar refractivity (Wildman–Crippen MR) is 78.0 cm³/mol. The minimum atomic E-state index is -0.253. The molecule has 1 amide bonds. The molecule has 0 aliphatic heterocycles. The molecule has 3 nitrogen and oxygen atoms in total. The third kappa shape index (κ3) is 3.15. The molecule has 0 aromatic heterocycles. The van der Waals surface area contributed by atoms with E-state index in [9.17, 15) is 9.18 Å². The van der Waals surface area contributed by atoms with E-state index < -0.39 is 0 Å². The lowest BCUT2D eigenvalue weighted by Crippen LogP contribution is -2.27. The predicted octanol–water partition coefficient (Wildman–Crippen LogP) is 2.69. The van der Waals surface area contributed by atoms with Crippen LogP contribution in [0, 0.1) is 12.7 Å². The van der Waals surface area contributed by atoms with Crippen molar-refractivity contribution in [2.45, 2.75) is 13.3 Å². The van der Waals surface area contributed by atoms with Crippen LogP contribution >= 0.6 is 0 Å². The van der Waals surface area contributed by atoms with Crippen molar-refractivity contribution in [2.24, 2.45) is 0 Å². The Morgan fingerprint density at radius 3 is 2.65 bits per heavy atom. The fraction of sp³-hybridized carbons (Fsp3) is 0.188. The average molecular weight is 272 g/mol. The van der Waals surface area contributed by atoms with Crippen LogP contribution in [0.25, 0.3) is 0 Å². The Morgan fingerprint density at radius 2 is 1.95 bits per heavy atom. The molecule has 0 spiro atoms. The second-order valence-corrected chi connectivity index (χ2v) is 4.64. The summed E-state index contributed by atoms with van der Waals surface area (Å²) in [6.45, 7) is 2.20. The van der Waals surface area contributed by atoms with Crippen molar-refractivity contribution in [1.29, 1.82) is 0 Å². The number of nitrogens with one attached hydrogen (secondary N) is 1. The van der Waals surface area contributed by atoms with Crippen molar-refractivity contribution in [3.63, 3.8) is 0 Å². The summed E-state index contributed by atoms with van der Waals surface area (Å²) in [7, 11) is 0. The van der Waals surface area contributed by atoms with Crippen LogP contribution in [-0.4, -0.2) is 12.5 Å². The molecule has 2 rings (SSSR count). The van der Waals surface area contributed by atoms with Crippen molar-refractivity contribution < 1.29 is 9.18 Å². The van der Waals surface area contributed by atoms with Gasteiger partial charge in [-0.2, -0.15) is 0 Å². The number of aryl methyl sites for hydroxylation is 1. The van der Waals surface area contributed by atoms with Crippen LogP contribution in [-0.2, 0) is 6.42 Å². The standard InChI is InChI=1S/C16H17FN2O/c1-11-5-4-8-14(18)15(11)16(20)19-10-9-12-6-2-3-7-13(12)17/h2-8H,9-10,18H2,1H3,(H,19,20). The third-order valence-electron chi connectivity index (χ3n) is 3.17. The van der Waals surface area contributed by atoms with Crippen LogP contribution in [0.3, 0.4) is 0 Å². The highest BCUT2D eigenvalue weighted by molar-refractivity contribution is 6.00. The lowest BCUT2D eigenvalue weighted by Gasteiger charge is -2.10. The number of nitrogens with two attached hydrogens (primary N) is 1. The number of carbonyl (C=O) groups excluding carboxylic acids is 1. The van der Waals surface area contributed by atoms with Gasteiger partial charge in [0.1, 0.15) is 5.82 Å². The first-order valence-corrected chi connectivity index (χ1v) is 6.46. The molecule has 104 valence electrons. The van der Waals surface area contributed by atoms with E-state index in [1.54, 1.807) is 30.3 Å². The maximum Gasteiger partial charge on any atom is 0.253 e. The number of carbonyl (C=O) groups is 1. The molecule has 0 aliphatic carbocycles. The molecule has 0 aliphatic rings. The minimum Gasteiger partial charge on any atom is -0.398 e. The van der Waals surface area contributed by atoms with E-state index in [1.165, 1.54) is 6.07 Å². The van der Waals surface area contributed by atoms with Gasteiger partial charge in [0.15, 0.2) is 0 Å². The van der Waals surface area contributed by atoms with Gasteiger partial charge in [-0.3, -0.25) is 4.79 Å². The number of halogens is 1. The fourth-order valence-electron chi connectivity index (χ4n) is 2.10. The van der Waals surface area contributed by atoms with Crippen LogP contribution in [0.15, 0.2) is 42.5 Å². The SMILES string of the molecule is Cc1cccc(N)c1C(=O)NCCc1ccccc1F. The second kappa shape index (κ2) is 6.19. The Balaban J connectivity index is 1.98. The van der Waals surface area contributed by atoms with Crippen molar-refractivity contribution in [1.82, 2.24) is 5.32 Å². The average Bonchev–Trinajstić information content (AvgIpc) is 2.41. The van der Waals surface area contributed by atoms with Gasteiger partial charge < -0.3 is 11.1 Å². The van der Waals surface area contributed by atoms with Gasteiger partial charge in [-0.25, -0.2) is 4.39 Å². The molecular formula is C16H17FN2O. The lowest BCUT2D eigenvalue weighted by molar-refractivity contribution is 0.0954. The summed E-state index contributed by atoms with van der Waals surface area (Å²) in [5.41, 5.74) is 8.16. The van der Waals surface area contributed by atoms with E-state index in [1.807, 2.05) is 13.0 Å². The first kappa shape index (κ1) is 14.1. The fourth-order valence-corrected chi connectivity index (χ4v) is 2.10. The zero-order valence-corrected chi connectivity index (χ0v) is 11.3. The molecule has 3 N–H and O–H groups in total. The smallest absolute Gasteiger partial charge is 0.253 e. The van der Waals surface area contributed by atoms with Gasteiger partial charge in [-0.15, -0.1) is 0 Å². The molecule has 4 heteroatoms. The Morgan fingerprint density at radius 1 is 1.20 bits per heavy atom. The lowest BCUT2D eigenvalue weighted by atomic mass is 10.1. The number of hydrogen-bond acceptors (Lipinski definition) is 2. The largest absolute Gasteiger partial charge is 0.398 e. The van der Waals surface area contributed by atoms with Gasteiger partial charge in [0.2, 0.25) is 0 Å². The maximum absolute atomic E-state index is 13.4. The second-order valence-electron chi connectivity index (χ2n) is 4.64. The van der Waals surface area contributed by atoms with Crippen molar-refractivity contribution >= 4 is 11.6 Å². The summed E-state index contributed by atoms with van der Waals surface area (Å²) in [5, 5.41) is 2.77. The van der Waals surface area contributed by atoms with Crippen molar-refractivity contribution in [2.75, 3.05) is 12.3 Å². The summed E-state index contributed by atoms with van der Waals surface area (Å²) in [5.74, 6) is -0.478. The molecule has 0 heterocycles. The monoisotopic (exact) mass is 272 g/mol. The summed E-state index contributed by atoms with van der Waals surface area (Å²) in [6, 6.07) is 11.9. The molecule has 0 saturated carbocycles. The molecule has 0 atom stereocenters. The van der Waals surface area contributed by atoms with Crippen LogP contribution in [0.4, 0.5) is 10.1 Å². The van der Waals surface area contributed by atoms with E-state index in [0.29, 0.717) is 29.8 Å². The normalized spacial score (nSPS) is 10.3. The first-order chi connectivity index (χ1) is 9.59. The number of benzene rings is 2. The molecule has 0 bridgehead atoms. The molecule has 20 heavy (non-hydrogen) atoms. The van der Waals surface area contributed by atoms with E-state index in [2.05, 4.69) is 5.32 Å². The first-order valence-electron chi connectivity index (χ1n) is 6.46. The minimum absolute atomic E-state index is 0.225. The van der Waals surface area contributed by atoms with Gasteiger partial charge in [-0.1, -0.05) is 30.3 Å². The third-order valence-corrected chi connectivity index (χ3v) is 3.17. The highest BCUT2D eigenvalue weighted by Gasteiger charge is 2.12.